The van der Waals surface area contributed by atoms with Gasteiger partial charge < -0.3 is 4.90 Å². The summed E-state index contributed by atoms with van der Waals surface area (Å²) >= 11 is 4.72. The summed E-state index contributed by atoms with van der Waals surface area (Å²) in [7, 11) is 0.449. The van der Waals surface area contributed by atoms with Gasteiger partial charge in [0.1, 0.15) is 0 Å². The first-order chi connectivity index (χ1) is 7.74. The lowest BCUT2D eigenvalue weighted by molar-refractivity contribution is 0.314. The molecule has 0 aliphatic rings. The van der Waals surface area contributed by atoms with Crippen LogP contribution in [-0.4, -0.2) is 40.0 Å². The molecule has 1 aromatic heterocycles. The van der Waals surface area contributed by atoms with Gasteiger partial charge in [0.05, 0.1) is 8.68 Å². The third-order valence-electron chi connectivity index (χ3n) is 2.58. The molecular formula is C10H17BrN2O2S2. The molecule has 0 aliphatic heterocycles. The number of likely N-dealkylation sites (N-methyl/N-ethyl adjacent to an activating group) is 1. The standard InChI is InChI=1S/C10H17BrN2O2S2/c1-7(13(3)4)6-12-17(14,15)9-5-10(11)16-8(9)2/h5,7,12H,6H2,1-4H3. The van der Waals surface area contributed by atoms with Crippen molar-refractivity contribution in [2.24, 2.45) is 0 Å². The van der Waals surface area contributed by atoms with Crippen LogP contribution >= 0.6 is 27.3 Å². The molecule has 98 valence electrons. The summed E-state index contributed by atoms with van der Waals surface area (Å²) in [4.78, 5) is 3.13. The molecule has 1 N–H and O–H groups in total. The molecule has 1 unspecified atom stereocenters. The highest BCUT2D eigenvalue weighted by Crippen LogP contribution is 2.29. The van der Waals surface area contributed by atoms with Crippen LogP contribution in [-0.2, 0) is 10.0 Å². The van der Waals surface area contributed by atoms with Crippen molar-refractivity contribution in [2.45, 2.75) is 24.8 Å². The van der Waals surface area contributed by atoms with Crippen molar-refractivity contribution in [3.63, 3.8) is 0 Å². The average Bonchev–Trinajstić information content (AvgIpc) is 2.55. The summed E-state index contributed by atoms with van der Waals surface area (Å²) in [5, 5.41) is 0. The van der Waals surface area contributed by atoms with E-state index in [-0.39, 0.29) is 6.04 Å². The fraction of sp³-hybridized carbons (Fsp3) is 0.600. The highest BCUT2D eigenvalue weighted by Gasteiger charge is 2.20. The Hall–Kier alpha value is 0.0500. The number of nitrogens with zero attached hydrogens (tertiary/aromatic N) is 1. The van der Waals surface area contributed by atoms with E-state index in [4.69, 9.17) is 0 Å². The molecule has 0 amide bonds. The Balaban J connectivity index is 2.80. The Morgan fingerprint density at radius 2 is 2.12 bits per heavy atom. The van der Waals surface area contributed by atoms with Crippen LogP contribution in [0.1, 0.15) is 11.8 Å². The molecule has 0 aliphatic carbocycles. The number of thiophene rings is 1. The first-order valence-electron chi connectivity index (χ1n) is 5.16. The maximum atomic E-state index is 12.0. The van der Waals surface area contributed by atoms with Gasteiger partial charge in [0.15, 0.2) is 0 Å². The normalized spacial score (nSPS) is 14.2. The molecule has 1 rings (SSSR count). The minimum Gasteiger partial charge on any atom is -0.305 e. The number of hydrogen-bond acceptors (Lipinski definition) is 4. The van der Waals surface area contributed by atoms with Gasteiger partial charge in [0, 0.05) is 17.5 Å². The summed E-state index contributed by atoms with van der Waals surface area (Å²) in [6, 6.07) is 1.80. The summed E-state index contributed by atoms with van der Waals surface area (Å²) in [6.45, 7) is 4.18. The van der Waals surface area contributed by atoms with Crippen LogP contribution in [0.3, 0.4) is 0 Å². The molecule has 0 aromatic carbocycles. The average molecular weight is 341 g/mol. The Labute approximate surface area is 115 Å². The second kappa shape index (κ2) is 5.79. The molecule has 0 bridgehead atoms. The molecular weight excluding hydrogens is 324 g/mol. The second-order valence-corrected chi connectivity index (χ2v) is 8.51. The van der Waals surface area contributed by atoms with Crippen LogP contribution in [0, 0.1) is 6.92 Å². The fourth-order valence-corrected chi connectivity index (χ4v) is 4.72. The van der Waals surface area contributed by atoms with Gasteiger partial charge in [-0.15, -0.1) is 11.3 Å². The number of rotatable bonds is 5. The van der Waals surface area contributed by atoms with Crippen LogP contribution in [0.2, 0.25) is 0 Å². The van der Waals surface area contributed by atoms with Crippen molar-refractivity contribution in [3.8, 4) is 0 Å². The smallest absolute Gasteiger partial charge is 0.241 e. The predicted molar refractivity (Wildman–Crippen MR) is 75.1 cm³/mol. The van der Waals surface area contributed by atoms with E-state index in [1.165, 1.54) is 11.3 Å². The van der Waals surface area contributed by atoms with E-state index in [1.807, 2.05) is 25.9 Å². The van der Waals surface area contributed by atoms with Gasteiger partial charge in [-0.05, 0) is 49.9 Å². The maximum Gasteiger partial charge on any atom is 0.241 e. The third-order valence-corrected chi connectivity index (χ3v) is 5.81. The van der Waals surface area contributed by atoms with Crippen molar-refractivity contribution in [1.29, 1.82) is 0 Å². The van der Waals surface area contributed by atoms with Gasteiger partial charge in [0.25, 0.3) is 0 Å². The van der Waals surface area contributed by atoms with Gasteiger partial charge in [-0.1, -0.05) is 0 Å². The van der Waals surface area contributed by atoms with E-state index >= 15 is 0 Å². The SMILES string of the molecule is Cc1sc(Br)cc1S(=O)(=O)NCC(C)N(C)C. The lowest BCUT2D eigenvalue weighted by Gasteiger charge is -2.19. The zero-order valence-corrected chi connectivity index (χ0v) is 13.5. The molecule has 17 heavy (non-hydrogen) atoms. The van der Waals surface area contributed by atoms with E-state index in [0.717, 1.165) is 8.66 Å². The molecule has 0 radical (unpaired) electrons. The molecule has 0 saturated heterocycles. The van der Waals surface area contributed by atoms with Crippen molar-refractivity contribution in [1.82, 2.24) is 9.62 Å². The number of nitrogens with one attached hydrogen (secondary N) is 1. The molecule has 1 heterocycles. The molecule has 0 saturated carbocycles. The molecule has 1 aromatic rings. The lowest BCUT2D eigenvalue weighted by Crippen LogP contribution is -2.38. The topological polar surface area (TPSA) is 49.4 Å². The molecule has 4 nitrogen and oxygen atoms in total. The van der Waals surface area contributed by atoms with Crippen LogP contribution in [0.5, 0.6) is 0 Å². The molecule has 7 heteroatoms. The number of aryl methyl sites for hydroxylation is 1. The number of hydrogen-bond donors (Lipinski definition) is 1. The van der Waals surface area contributed by atoms with Gasteiger partial charge in [-0.3, -0.25) is 0 Å². The fourth-order valence-electron chi connectivity index (χ4n) is 1.19. The highest BCUT2D eigenvalue weighted by atomic mass is 79.9. The monoisotopic (exact) mass is 340 g/mol. The summed E-state index contributed by atoms with van der Waals surface area (Å²) in [5.41, 5.74) is 0. The zero-order valence-electron chi connectivity index (χ0n) is 10.3. The van der Waals surface area contributed by atoms with Crippen LogP contribution in [0.25, 0.3) is 0 Å². The zero-order chi connectivity index (χ0) is 13.2. The van der Waals surface area contributed by atoms with Crippen molar-refractivity contribution in [2.75, 3.05) is 20.6 Å². The van der Waals surface area contributed by atoms with E-state index in [2.05, 4.69) is 20.7 Å². The minimum atomic E-state index is -3.39. The Bertz CT molecular complexity index is 482. The summed E-state index contributed by atoms with van der Waals surface area (Å²) in [6.07, 6.45) is 0. The predicted octanol–water partition coefficient (Wildman–Crippen LogP) is 2.05. The van der Waals surface area contributed by atoms with Gasteiger partial charge >= 0.3 is 0 Å². The van der Waals surface area contributed by atoms with E-state index in [9.17, 15) is 8.42 Å². The van der Waals surface area contributed by atoms with Crippen LogP contribution in [0.4, 0.5) is 0 Å². The summed E-state index contributed by atoms with van der Waals surface area (Å²) in [5.74, 6) is 0. The minimum absolute atomic E-state index is 0.159. The van der Waals surface area contributed by atoms with E-state index < -0.39 is 10.0 Å². The largest absolute Gasteiger partial charge is 0.305 e. The summed E-state index contributed by atoms with van der Waals surface area (Å²) < 4.78 is 27.6. The van der Waals surface area contributed by atoms with E-state index in [1.54, 1.807) is 13.0 Å². The van der Waals surface area contributed by atoms with Crippen molar-refractivity contribution in [3.05, 3.63) is 14.7 Å². The number of sulfonamides is 1. The van der Waals surface area contributed by atoms with Gasteiger partial charge in [-0.25, -0.2) is 13.1 Å². The third kappa shape index (κ3) is 4.03. The Morgan fingerprint density at radius 3 is 2.53 bits per heavy atom. The second-order valence-electron chi connectivity index (χ2n) is 4.14. The Kier molecular flexibility index (Phi) is 5.15. The molecule has 1 atom stereocenters. The molecule has 0 spiro atoms. The van der Waals surface area contributed by atoms with Crippen molar-refractivity contribution < 1.29 is 8.42 Å². The highest BCUT2D eigenvalue weighted by molar-refractivity contribution is 9.11. The van der Waals surface area contributed by atoms with Crippen LogP contribution in [0.15, 0.2) is 14.7 Å². The number of halogens is 1. The lowest BCUT2D eigenvalue weighted by atomic mass is 10.3. The van der Waals surface area contributed by atoms with Crippen molar-refractivity contribution >= 4 is 37.3 Å². The first-order valence-corrected chi connectivity index (χ1v) is 8.25. The maximum absolute atomic E-state index is 12.0. The van der Waals surface area contributed by atoms with Crippen LogP contribution < -0.4 is 4.72 Å². The molecule has 0 fully saturated rings. The first kappa shape index (κ1) is 15.1. The Morgan fingerprint density at radius 1 is 1.53 bits per heavy atom. The van der Waals surface area contributed by atoms with Gasteiger partial charge in [-0.2, -0.15) is 0 Å². The van der Waals surface area contributed by atoms with E-state index in [0.29, 0.717) is 11.4 Å². The van der Waals surface area contributed by atoms with Gasteiger partial charge in [0.2, 0.25) is 10.0 Å². The quantitative estimate of drug-likeness (QED) is 0.892.